The lowest BCUT2D eigenvalue weighted by atomic mass is 9.97. The average molecular weight is 335 g/mol. The van der Waals surface area contributed by atoms with E-state index in [9.17, 15) is 4.79 Å². The molecule has 7 heteroatoms. The molecular formula is C16H19ClN4O2. The molecule has 23 heavy (non-hydrogen) atoms. The Bertz CT molecular complexity index is 712. The zero-order valence-electron chi connectivity index (χ0n) is 13.0. The average Bonchev–Trinajstić information content (AvgIpc) is 2.60. The van der Waals surface area contributed by atoms with Crippen molar-refractivity contribution in [3.63, 3.8) is 0 Å². The molecule has 1 saturated heterocycles. The fourth-order valence-corrected chi connectivity index (χ4v) is 2.99. The summed E-state index contributed by atoms with van der Waals surface area (Å²) in [6.07, 6.45) is 5.36. The van der Waals surface area contributed by atoms with Crippen LogP contribution in [0.15, 0.2) is 35.4 Å². The standard InChI is InChI=1S/C16H19ClN4O2/c1-20-16(22)15(17)13(10-19-20)21-8-5-12(6-9-21)11-23-14-4-2-3-7-18-14/h2-4,7,10,12H,5-6,8-9,11H2,1H3. The Labute approximate surface area is 139 Å². The smallest absolute Gasteiger partial charge is 0.287 e. The van der Waals surface area contributed by atoms with Gasteiger partial charge in [0.25, 0.3) is 5.56 Å². The molecule has 2 aromatic heterocycles. The van der Waals surface area contributed by atoms with Crippen LogP contribution in [0.5, 0.6) is 5.88 Å². The van der Waals surface area contributed by atoms with Crippen LogP contribution in [0.4, 0.5) is 5.69 Å². The second-order valence-electron chi connectivity index (χ2n) is 5.68. The number of nitrogens with zero attached hydrogens (tertiary/aromatic N) is 4. The van der Waals surface area contributed by atoms with E-state index < -0.39 is 0 Å². The zero-order chi connectivity index (χ0) is 16.2. The maximum absolute atomic E-state index is 11.9. The van der Waals surface area contributed by atoms with Gasteiger partial charge in [-0.3, -0.25) is 4.79 Å². The minimum absolute atomic E-state index is 0.241. The molecule has 3 rings (SSSR count). The fourth-order valence-electron chi connectivity index (χ4n) is 2.70. The Kier molecular flexibility index (Phi) is 4.81. The van der Waals surface area contributed by atoms with Crippen LogP contribution in [-0.4, -0.2) is 34.5 Å². The van der Waals surface area contributed by atoms with Crippen molar-refractivity contribution in [2.75, 3.05) is 24.6 Å². The van der Waals surface area contributed by atoms with Crippen LogP contribution in [0.3, 0.4) is 0 Å². The number of aromatic nitrogens is 3. The number of anilines is 1. The van der Waals surface area contributed by atoms with Crippen molar-refractivity contribution >= 4 is 17.3 Å². The van der Waals surface area contributed by atoms with Crippen LogP contribution in [0.1, 0.15) is 12.8 Å². The number of hydrogen-bond acceptors (Lipinski definition) is 5. The second-order valence-corrected chi connectivity index (χ2v) is 6.06. The van der Waals surface area contributed by atoms with E-state index in [1.165, 1.54) is 4.68 Å². The first-order chi connectivity index (χ1) is 11.1. The Balaban J connectivity index is 1.56. The Morgan fingerprint density at radius 3 is 2.83 bits per heavy atom. The summed E-state index contributed by atoms with van der Waals surface area (Å²) in [5.41, 5.74) is 0.462. The lowest BCUT2D eigenvalue weighted by Gasteiger charge is -2.33. The van der Waals surface area contributed by atoms with Crippen LogP contribution >= 0.6 is 11.6 Å². The summed E-state index contributed by atoms with van der Waals surface area (Å²) in [5, 5.41) is 4.30. The molecule has 0 aromatic carbocycles. The van der Waals surface area contributed by atoms with Crippen LogP contribution in [0.2, 0.25) is 5.02 Å². The summed E-state index contributed by atoms with van der Waals surface area (Å²) in [6.45, 7) is 2.34. The molecule has 1 aliphatic heterocycles. The molecule has 6 nitrogen and oxygen atoms in total. The van der Waals surface area contributed by atoms with Crippen LogP contribution in [0.25, 0.3) is 0 Å². The van der Waals surface area contributed by atoms with E-state index >= 15 is 0 Å². The monoisotopic (exact) mass is 334 g/mol. The molecule has 0 atom stereocenters. The summed E-state index contributed by atoms with van der Waals surface area (Å²) >= 11 is 6.16. The van der Waals surface area contributed by atoms with Crippen LogP contribution < -0.4 is 15.2 Å². The third-order valence-corrected chi connectivity index (χ3v) is 4.47. The number of ether oxygens (including phenoxy) is 1. The topological polar surface area (TPSA) is 60.3 Å². The number of aryl methyl sites for hydroxylation is 1. The van der Waals surface area contributed by atoms with Gasteiger partial charge in [0.15, 0.2) is 0 Å². The summed E-state index contributed by atoms with van der Waals surface area (Å²) in [5.74, 6) is 1.14. The Hall–Kier alpha value is -2.08. The van der Waals surface area contributed by atoms with Crippen molar-refractivity contribution < 1.29 is 4.74 Å². The predicted molar refractivity (Wildman–Crippen MR) is 89.2 cm³/mol. The number of piperidine rings is 1. The van der Waals surface area contributed by atoms with Crippen molar-refractivity contribution in [3.8, 4) is 5.88 Å². The van der Waals surface area contributed by atoms with Gasteiger partial charge in [0.1, 0.15) is 5.02 Å². The predicted octanol–water partition coefficient (Wildman–Crippen LogP) is 2.12. The van der Waals surface area contributed by atoms with Gasteiger partial charge >= 0.3 is 0 Å². The first-order valence-electron chi connectivity index (χ1n) is 7.65. The molecule has 0 unspecified atom stereocenters. The van der Waals surface area contributed by atoms with Gasteiger partial charge < -0.3 is 9.64 Å². The minimum atomic E-state index is -0.259. The largest absolute Gasteiger partial charge is 0.477 e. The lowest BCUT2D eigenvalue weighted by molar-refractivity contribution is 0.216. The Morgan fingerprint density at radius 1 is 1.35 bits per heavy atom. The highest BCUT2D eigenvalue weighted by atomic mass is 35.5. The van der Waals surface area contributed by atoms with Gasteiger partial charge in [0, 0.05) is 32.4 Å². The van der Waals surface area contributed by atoms with Gasteiger partial charge in [-0.05, 0) is 24.8 Å². The van der Waals surface area contributed by atoms with Gasteiger partial charge in [0.2, 0.25) is 5.88 Å². The van der Waals surface area contributed by atoms with E-state index in [1.807, 2.05) is 18.2 Å². The molecule has 2 aromatic rings. The quantitative estimate of drug-likeness (QED) is 0.857. The second kappa shape index (κ2) is 7.00. The molecule has 0 radical (unpaired) electrons. The van der Waals surface area contributed by atoms with Crippen LogP contribution in [0, 0.1) is 5.92 Å². The molecule has 0 N–H and O–H groups in total. The molecule has 1 fully saturated rings. The summed E-state index contributed by atoms with van der Waals surface area (Å²) < 4.78 is 6.97. The maximum atomic E-state index is 11.9. The van der Waals surface area contributed by atoms with Crippen molar-refractivity contribution in [1.29, 1.82) is 0 Å². The number of hydrogen-bond donors (Lipinski definition) is 0. The third kappa shape index (κ3) is 3.64. The highest BCUT2D eigenvalue weighted by molar-refractivity contribution is 6.33. The molecular weight excluding hydrogens is 316 g/mol. The first kappa shape index (κ1) is 15.8. The van der Waals surface area contributed by atoms with Gasteiger partial charge in [0.05, 0.1) is 18.5 Å². The van der Waals surface area contributed by atoms with Crippen molar-refractivity contribution in [2.24, 2.45) is 13.0 Å². The van der Waals surface area contributed by atoms with Gasteiger partial charge in [-0.15, -0.1) is 0 Å². The molecule has 0 bridgehead atoms. The minimum Gasteiger partial charge on any atom is -0.477 e. The molecule has 0 amide bonds. The van der Waals surface area contributed by atoms with Crippen molar-refractivity contribution in [2.45, 2.75) is 12.8 Å². The van der Waals surface area contributed by atoms with Crippen molar-refractivity contribution in [1.82, 2.24) is 14.8 Å². The highest BCUT2D eigenvalue weighted by Crippen LogP contribution is 2.27. The third-order valence-electron chi connectivity index (χ3n) is 4.12. The zero-order valence-corrected chi connectivity index (χ0v) is 13.7. The molecule has 0 saturated carbocycles. The van der Waals surface area contributed by atoms with E-state index in [2.05, 4.69) is 15.0 Å². The first-order valence-corrected chi connectivity index (χ1v) is 8.03. The van der Waals surface area contributed by atoms with Gasteiger partial charge in [-0.2, -0.15) is 5.10 Å². The van der Waals surface area contributed by atoms with Crippen LogP contribution in [-0.2, 0) is 7.05 Å². The van der Waals surface area contributed by atoms with E-state index in [1.54, 1.807) is 19.4 Å². The van der Waals surface area contributed by atoms with E-state index in [0.717, 1.165) is 31.6 Å². The Morgan fingerprint density at radius 2 is 2.13 bits per heavy atom. The van der Waals surface area contributed by atoms with Crippen molar-refractivity contribution in [3.05, 3.63) is 46.0 Å². The fraction of sp³-hybridized carbons (Fsp3) is 0.438. The molecule has 0 spiro atoms. The molecule has 0 aliphatic carbocycles. The van der Waals surface area contributed by atoms with E-state index in [0.29, 0.717) is 18.4 Å². The lowest BCUT2D eigenvalue weighted by Crippen LogP contribution is -2.37. The SMILES string of the molecule is Cn1ncc(N2CCC(COc3ccccn3)CC2)c(Cl)c1=O. The number of rotatable bonds is 4. The molecule has 122 valence electrons. The van der Waals surface area contributed by atoms with Gasteiger partial charge in [-0.1, -0.05) is 17.7 Å². The summed E-state index contributed by atoms with van der Waals surface area (Å²) in [6, 6.07) is 5.64. The van der Waals surface area contributed by atoms with Gasteiger partial charge in [-0.25, -0.2) is 9.67 Å². The summed E-state index contributed by atoms with van der Waals surface area (Å²) in [7, 11) is 1.60. The normalized spacial score (nSPS) is 15.7. The highest BCUT2D eigenvalue weighted by Gasteiger charge is 2.23. The van der Waals surface area contributed by atoms with E-state index in [-0.39, 0.29) is 10.6 Å². The molecule has 1 aliphatic rings. The maximum Gasteiger partial charge on any atom is 0.287 e. The number of halogens is 1. The number of pyridine rings is 1. The summed E-state index contributed by atoms with van der Waals surface area (Å²) in [4.78, 5) is 18.1. The van der Waals surface area contributed by atoms with E-state index in [4.69, 9.17) is 16.3 Å². The molecule has 3 heterocycles.